The van der Waals surface area contributed by atoms with Crippen molar-refractivity contribution in [1.82, 2.24) is 0 Å². The molecule has 3 aliphatic rings. The van der Waals surface area contributed by atoms with E-state index in [-0.39, 0.29) is 0 Å². The summed E-state index contributed by atoms with van der Waals surface area (Å²) in [5.41, 5.74) is 9.07. The number of rotatable bonds is 2. The summed E-state index contributed by atoms with van der Waals surface area (Å²) in [6.07, 6.45) is 12.9. The largest absolute Gasteiger partial charge is 0.222 e. The van der Waals surface area contributed by atoms with Crippen molar-refractivity contribution in [2.45, 2.75) is 68.1 Å². The number of hydrogen-bond acceptors (Lipinski definition) is 1. The Morgan fingerprint density at radius 1 is 1.00 bits per heavy atom. The predicted octanol–water partition coefficient (Wildman–Crippen LogP) is 7.48. The van der Waals surface area contributed by atoms with E-state index in [2.05, 4.69) is 72.9 Å². The molecule has 1 saturated carbocycles. The molecule has 2 heterocycles. The van der Waals surface area contributed by atoms with Crippen LogP contribution >= 0.6 is 11.8 Å². The molecular formula is C30H30NS+. The fourth-order valence-corrected chi connectivity index (χ4v) is 8.25. The van der Waals surface area contributed by atoms with Crippen molar-refractivity contribution in [3.63, 3.8) is 0 Å². The maximum Gasteiger partial charge on any atom is 0.222 e. The summed E-state index contributed by atoms with van der Waals surface area (Å²) < 4.78 is 2.37. The number of aryl methyl sites for hydroxylation is 4. The summed E-state index contributed by atoms with van der Waals surface area (Å²) in [7, 11) is 2.23. The molecule has 2 aliphatic carbocycles. The van der Waals surface area contributed by atoms with Crippen molar-refractivity contribution in [1.29, 1.82) is 0 Å². The monoisotopic (exact) mass is 436 g/mol. The molecule has 1 aliphatic heterocycles. The Labute approximate surface area is 194 Å². The van der Waals surface area contributed by atoms with E-state index >= 15 is 0 Å². The van der Waals surface area contributed by atoms with Gasteiger partial charge in [0, 0.05) is 15.9 Å². The zero-order valence-electron chi connectivity index (χ0n) is 19.1. The standard InChI is InChI=1S/C30H30NS/c1-18-23-11-5-9-21-10-6-12-24(27(21)23)30-26(18)29-28-22(13-14-31(29)2)16-20(17-25(28)32-30)15-19-7-3-4-8-19/h5,9,11,13-14,16-17,19H,3-4,6-8,10,12,15H2,1-2H3/q+1. The molecule has 32 heavy (non-hydrogen) atoms. The molecule has 0 radical (unpaired) electrons. The van der Waals surface area contributed by atoms with Crippen molar-refractivity contribution in [3.05, 3.63) is 64.8 Å². The van der Waals surface area contributed by atoms with Crippen molar-refractivity contribution < 1.29 is 4.57 Å². The number of nitrogens with zero attached hydrogens (tertiary/aromatic N) is 1. The lowest BCUT2D eigenvalue weighted by molar-refractivity contribution is -0.659. The second-order valence-electron chi connectivity index (χ2n) is 10.3. The Bertz CT molecular complexity index is 1420. The molecule has 0 saturated heterocycles. The molecule has 2 heteroatoms. The second-order valence-corrected chi connectivity index (χ2v) is 11.3. The van der Waals surface area contributed by atoms with Crippen molar-refractivity contribution >= 4 is 33.3 Å². The van der Waals surface area contributed by atoms with Gasteiger partial charge in [0.1, 0.15) is 7.05 Å². The summed E-state index contributed by atoms with van der Waals surface area (Å²) in [5, 5.41) is 5.91. The topological polar surface area (TPSA) is 3.88 Å². The van der Waals surface area contributed by atoms with E-state index in [1.165, 1.54) is 94.1 Å². The number of pyridine rings is 1. The Balaban J connectivity index is 1.53. The van der Waals surface area contributed by atoms with Gasteiger partial charge in [0.15, 0.2) is 6.20 Å². The zero-order valence-corrected chi connectivity index (χ0v) is 19.9. The quantitative estimate of drug-likeness (QED) is 0.259. The number of benzene rings is 3. The normalized spacial score (nSPS) is 17.3. The molecule has 4 aromatic rings. The summed E-state index contributed by atoms with van der Waals surface area (Å²) in [4.78, 5) is 3.02. The molecule has 0 atom stereocenters. The number of hydrogen-bond donors (Lipinski definition) is 0. The highest BCUT2D eigenvalue weighted by atomic mass is 32.2. The molecule has 1 fully saturated rings. The molecule has 3 aromatic carbocycles. The Morgan fingerprint density at radius 2 is 1.88 bits per heavy atom. The molecule has 0 bridgehead atoms. The minimum absolute atomic E-state index is 0.884. The van der Waals surface area contributed by atoms with Crippen molar-refractivity contribution in [2.24, 2.45) is 13.0 Å². The smallest absolute Gasteiger partial charge is 0.200 e. The van der Waals surface area contributed by atoms with Crippen LogP contribution in [0.5, 0.6) is 0 Å². The van der Waals surface area contributed by atoms with Crippen LogP contribution in [-0.2, 0) is 26.3 Å². The van der Waals surface area contributed by atoms with E-state index in [1.807, 2.05) is 0 Å². The third kappa shape index (κ3) is 2.68. The average molecular weight is 437 g/mol. The van der Waals surface area contributed by atoms with E-state index in [1.54, 1.807) is 22.1 Å². The van der Waals surface area contributed by atoms with E-state index in [4.69, 9.17) is 0 Å². The highest BCUT2D eigenvalue weighted by molar-refractivity contribution is 7.99. The van der Waals surface area contributed by atoms with E-state index in [0.717, 1.165) is 5.92 Å². The summed E-state index contributed by atoms with van der Waals surface area (Å²) >= 11 is 2.07. The fraction of sp³-hybridized carbons (Fsp3) is 0.367. The summed E-state index contributed by atoms with van der Waals surface area (Å²) in [6.45, 7) is 2.36. The van der Waals surface area contributed by atoms with Crippen LogP contribution in [0.15, 0.2) is 52.4 Å². The molecule has 160 valence electrons. The van der Waals surface area contributed by atoms with Crippen LogP contribution in [0.4, 0.5) is 0 Å². The van der Waals surface area contributed by atoms with Gasteiger partial charge in [0.2, 0.25) is 5.69 Å². The summed E-state index contributed by atoms with van der Waals surface area (Å²) in [5.74, 6) is 0.884. The van der Waals surface area contributed by atoms with Crippen LogP contribution in [0.2, 0.25) is 0 Å². The lowest BCUT2D eigenvalue weighted by atomic mass is 9.83. The van der Waals surface area contributed by atoms with Crippen molar-refractivity contribution in [2.75, 3.05) is 0 Å². The van der Waals surface area contributed by atoms with Crippen molar-refractivity contribution in [3.8, 4) is 11.3 Å². The Kier molecular flexibility index (Phi) is 4.25. The molecule has 7 rings (SSSR count). The van der Waals surface area contributed by atoms with Gasteiger partial charge < -0.3 is 0 Å². The van der Waals surface area contributed by atoms with E-state index in [9.17, 15) is 0 Å². The second kappa shape index (κ2) is 7.09. The van der Waals surface area contributed by atoms with Gasteiger partial charge in [-0.2, -0.15) is 0 Å². The fourth-order valence-electron chi connectivity index (χ4n) is 6.82. The van der Waals surface area contributed by atoms with Gasteiger partial charge in [-0.3, -0.25) is 0 Å². The Morgan fingerprint density at radius 3 is 2.75 bits per heavy atom. The maximum atomic E-state index is 2.54. The highest BCUT2D eigenvalue weighted by Crippen LogP contribution is 2.53. The third-order valence-electron chi connectivity index (χ3n) is 8.31. The maximum absolute atomic E-state index is 2.54. The molecule has 1 aromatic heterocycles. The van der Waals surface area contributed by atoms with Crippen LogP contribution in [-0.4, -0.2) is 0 Å². The third-order valence-corrected chi connectivity index (χ3v) is 9.51. The van der Waals surface area contributed by atoms with Crippen LogP contribution in [0.25, 0.3) is 32.8 Å². The van der Waals surface area contributed by atoms with Gasteiger partial charge in [-0.1, -0.05) is 61.7 Å². The van der Waals surface area contributed by atoms with Crippen LogP contribution in [0.1, 0.15) is 54.4 Å². The Hall–Kier alpha value is -2.32. The molecule has 0 N–H and O–H groups in total. The molecule has 0 unspecified atom stereocenters. The predicted molar refractivity (Wildman–Crippen MR) is 135 cm³/mol. The van der Waals surface area contributed by atoms with Gasteiger partial charge in [0.25, 0.3) is 0 Å². The SMILES string of the molecule is Cc1c2c(c3c4c(cccc14)CCC3)Sc1cc(CC3CCCC3)cc3cc[n+](C)c-2c13. The zero-order chi connectivity index (χ0) is 21.4. The van der Waals surface area contributed by atoms with Gasteiger partial charge in [0.05, 0.1) is 10.9 Å². The minimum Gasteiger partial charge on any atom is -0.200 e. The number of aromatic nitrogens is 1. The molecule has 1 nitrogen and oxygen atoms in total. The first kappa shape index (κ1) is 19.2. The van der Waals surface area contributed by atoms with Crippen LogP contribution < -0.4 is 4.57 Å². The van der Waals surface area contributed by atoms with Gasteiger partial charge in [-0.15, -0.1) is 0 Å². The van der Waals surface area contributed by atoms with E-state index in [0.29, 0.717) is 0 Å². The molecular weight excluding hydrogens is 406 g/mol. The number of fused-ring (bicyclic) bond motifs is 3. The molecule has 0 spiro atoms. The average Bonchev–Trinajstić information content (AvgIpc) is 3.32. The lowest BCUT2D eigenvalue weighted by Gasteiger charge is -2.28. The summed E-state index contributed by atoms with van der Waals surface area (Å²) in [6, 6.07) is 14.4. The first-order valence-electron chi connectivity index (χ1n) is 12.4. The van der Waals surface area contributed by atoms with E-state index < -0.39 is 0 Å². The first-order valence-corrected chi connectivity index (χ1v) is 13.2. The van der Waals surface area contributed by atoms with Gasteiger partial charge in [-0.25, -0.2) is 4.57 Å². The van der Waals surface area contributed by atoms with Crippen LogP contribution in [0, 0.1) is 12.8 Å². The first-order chi connectivity index (χ1) is 15.7. The highest BCUT2D eigenvalue weighted by Gasteiger charge is 2.33. The van der Waals surface area contributed by atoms with Crippen LogP contribution in [0.3, 0.4) is 0 Å². The van der Waals surface area contributed by atoms with Gasteiger partial charge >= 0.3 is 0 Å². The molecule has 0 amide bonds. The minimum atomic E-state index is 0.884. The van der Waals surface area contributed by atoms with Gasteiger partial charge in [-0.05, 0) is 83.0 Å². The lowest BCUT2D eigenvalue weighted by Crippen LogP contribution is -2.32.